The molecule has 154 valence electrons. The maximum absolute atomic E-state index is 12.0. The predicted molar refractivity (Wildman–Crippen MR) is 125 cm³/mol. The molecular weight excluding hydrogens is 467 g/mol. The van der Waals surface area contributed by atoms with Crippen LogP contribution >= 0.6 is 22.6 Å². The van der Waals surface area contributed by atoms with Crippen LogP contribution in [0.2, 0.25) is 18.1 Å². The lowest BCUT2D eigenvalue weighted by Crippen LogP contribution is -2.43. The van der Waals surface area contributed by atoms with E-state index < -0.39 is 19.7 Å². The number of rotatable bonds is 9. The van der Waals surface area contributed by atoms with Gasteiger partial charge in [0.1, 0.15) is 0 Å². The van der Waals surface area contributed by atoms with Crippen molar-refractivity contribution in [2.24, 2.45) is 5.41 Å². The van der Waals surface area contributed by atoms with Gasteiger partial charge < -0.3 is 9.53 Å². The van der Waals surface area contributed by atoms with Gasteiger partial charge in [-0.15, -0.1) is 0 Å². The zero-order valence-corrected chi connectivity index (χ0v) is 21.4. The zero-order valence-electron chi connectivity index (χ0n) is 18.3. The Morgan fingerprint density at radius 3 is 2.19 bits per heavy atom. The lowest BCUT2D eigenvalue weighted by atomic mass is 9.76. The van der Waals surface area contributed by atoms with Crippen molar-refractivity contribution in [1.29, 1.82) is 0 Å². The maximum Gasteiger partial charge on any atom is 0.313 e. The molecule has 27 heavy (non-hydrogen) atoms. The molecule has 1 aromatic carbocycles. The molecule has 0 radical (unpaired) electrons. The second kappa shape index (κ2) is 8.95. The Morgan fingerprint density at radius 1 is 1.11 bits per heavy atom. The molecule has 5 heteroatoms. The first-order chi connectivity index (χ1) is 12.1. The molecule has 1 rings (SSSR count). The third-order valence-electron chi connectivity index (χ3n) is 6.09. The third-order valence-corrected chi connectivity index (χ3v) is 11.2. The SMILES string of the molecule is CC(C)(CCCC(C)(C(=O)O)c1cccc(I)c1)CO[Si](C)(C)C(C)(C)C. The highest BCUT2D eigenvalue weighted by Gasteiger charge is 2.39. The Balaban J connectivity index is 2.74. The summed E-state index contributed by atoms with van der Waals surface area (Å²) in [5.74, 6) is -0.750. The van der Waals surface area contributed by atoms with E-state index in [4.69, 9.17) is 4.43 Å². The van der Waals surface area contributed by atoms with Crippen LogP contribution < -0.4 is 0 Å². The maximum atomic E-state index is 12.0. The van der Waals surface area contributed by atoms with Crippen molar-refractivity contribution in [2.75, 3.05) is 6.61 Å². The zero-order chi connectivity index (χ0) is 21.1. The number of hydrogen-bond donors (Lipinski definition) is 1. The highest BCUT2D eigenvalue weighted by atomic mass is 127. The lowest BCUT2D eigenvalue weighted by Gasteiger charge is -2.39. The molecule has 0 spiro atoms. The number of hydrogen-bond acceptors (Lipinski definition) is 2. The van der Waals surface area contributed by atoms with Crippen LogP contribution in [0.1, 0.15) is 66.4 Å². The van der Waals surface area contributed by atoms with Crippen LogP contribution in [-0.2, 0) is 14.6 Å². The van der Waals surface area contributed by atoms with Gasteiger partial charge in [-0.05, 0) is 83.6 Å². The number of carboxylic acids is 1. The summed E-state index contributed by atoms with van der Waals surface area (Å²) in [5.41, 5.74) is 0.0784. The average molecular weight is 505 g/mol. The Hall–Kier alpha value is -0.403. The lowest BCUT2D eigenvalue weighted by molar-refractivity contribution is -0.143. The molecule has 1 unspecified atom stereocenters. The van der Waals surface area contributed by atoms with E-state index in [-0.39, 0.29) is 10.5 Å². The van der Waals surface area contributed by atoms with Gasteiger partial charge in [-0.2, -0.15) is 0 Å². The molecule has 0 aliphatic rings. The fourth-order valence-electron chi connectivity index (χ4n) is 2.79. The molecule has 0 heterocycles. The molecule has 0 aliphatic heterocycles. The fraction of sp³-hybridized carbons (Fsp3) is 0.682. The van der Waals surface area contributed by atoms with Crippen molar-refractivity contribution < 1.29 is 14.3 Å². The van der Waals surface area contributed by atoms with E-state index in [1.807, 2.05) is 31.2 Å². The summed E-state index contributed by atoms with van der Waals surface area (Å²) in [5, 5.41) is 10.1. The molecule has 0 fully saturated rings. The van der Waals surface area contributed by atoms with Crippen molar-refractivity contribution in [2.45, 2.75) is 84.4 Å². The minimum atomic E-state index is -1.76. The molecule has 1 aromatic rings. The smallest absolute Gasteiger partial charge is 0.313 e. The quantitative estimate of drug-likeness (QED) is 0.296. The number of carbonyl (C=O) groups is 1. The Labute approximate surface area is 180 Å². The molecule has 0 aliphatic carbocycles. The Bertz CT molecular complexity index is 649. The molecule has 0 aromatic heterocycles. The predicted octanol–water partition coefficient (Wildman–Crippen LogP) is 6.85. The molecule has 1 atom stereocenters. The van der Waals surface area contributed by atoms with Crippen molar-refractivity contribution in [3.8, 4) is 0 Å². The standard InChI is InChI=1S/C22H37IO3Si/c1-20(2,3)27(7,8)26-16-21(4,5)13-10-14-22(6,19(24)25)17-11-9-12-18(23)15-17/h9,11-12,15H,10,13-14,16H2,1-8H3,(H,24,25). The largest absolute Gasteiger partial charge is 0.481 e. The van der Waals surface area contributed by atoms with Crippen molar-refractivity contribution in [3.05, 3.63) is 33.4 Å². The summed E-state index contributed by atoms with van der Waals surface area (Å²) in [6.45, 7) is 18.4. The molecule has 3 nitrogen and oxygen atoms in total. The molecule has 0 bridgehead atoms. The van der Waals surface area contributed by atoms with E-state index in [1.165, 1.54) is 0 Å². The summed E-state index contributed by atoms with van der Waals surface area (Å²) in [7, 11) is -1.76. The van der Waals surface area contributed by atoms with Crippen molar-refractivity contribution >= 4 is 36.9 Å². The Kier molecular flexibility index (Phi) is 8.17. The average Bonchev–Trinajstić information content (AvgIpc) is 2.51. The van der Waals surface area contributed by atoms with Gasteiger partial charge in [0.25, 0.3) is 0 Å². The van der Waals surface area contributed by atoms with Crippen LogP contribution in [0, 0.1) is 8.99 Å². The number of carboxylic acid groups (broad SMARTS) is 1. The first-order valence-electron chi connectivity index (χ1n) is 9.74. The van der Waals surface area contributed by atoms with Gasteiger partial charge >= 0.3 is 5.97 Å². The molecule has 0 saturated carbocycles. The summed E-state index contributed by atoms with van der Waals surface area (Å²) in [4.78, 5) is 12.0. The van der Waals surface area contributed by atoms with Gasteiger partial charge in [0.15, 0.2) is 8.32 Å². The number of aliphatic carboxylic acids is 1. The number of benzene rings is 1. The monoisotopic (exact) mass is 504 g/mol. The first-order valence-corrected chi connectivity index (χ1v) is 13.7. The van der Waals surface area contributed by atoms with Gasteiger partial charge in [0.05, 0.1) is 5.41 Å². The fourth-order valence-corrected chi connectivity index (χ4v) is 4.52. The van der Waals surface area contributed by atoms with Crippen LogP contribution in [0.4, 0.5) is 0 Å². The highest BCUT2D eigenvalue weighted by molar-refractivity contribution is 14.1. The van der Waals surface area contributed by atoms with E-state index in [1.54, 1.807) is 0 Å². The summed E-state index contributed by atoms with van der Waals surface area (Å²) in [6.07, 6.45) is 2.45. The summed E-state index contributed by atoms with van der Waals surface area (Å²) < 4.78 is 7.48. The van der Waals surface area contributed by atoms with Gasteiger partial charge in [-0.25, -0.2) is 0 Å². The van der Waals surface area contributed by atoms with E-state index in [9.17, 15) is 9.90 Å². The van der Waals surface area contributed by atoms with Crippen LogP contribution in [0.3, 0.4) is 0 Å². The van der Waals surface area contributed by atoms with Crippen LogP contribution in [0.15, 0.2) is 24.3 Å². The topological polar surface area (TPSA) is 46.5 Å². The minimum absolute atomic E-state index is 0.0417. The molecule has 1 N–H and O–H groups in total. The van der Waals surface area contributed by atoms with Crippen LogP contribution in [0.5, 0.6) is 0 Å². The van der Waals surface area contributed by atoms with Crippen LogP contribution in [-0.4, -0.2) is 26.0 Å². The van der Waals surface area contributed by atoms with Gasteiger partial charge in [-0.1, -0.05) is 53.2 Å². The van der Waals surface area contributed by atoms with Gasteiger partial charge in [0, 0.05) is 10.2 Å². The summed E-state index contributed by atoms with van der Waals surface area (Å²) in [6, 6.07) is 7.85. The van der Waals surface area contributed by atoms with Gasteiger partial charge in [0.2, 0.25) is 0 Å². The van der Waals surface area contributed by atoms with E-state index in [0.29, 0.717) is 6.42 Å². The second-order valence-corrected chi connectivity index (χ2v) is 16.3. The van der Waals surface area contributed by atoms with Crippen molar-refractivity contribution in [1.82, 2.24) is 0 Å². The third kappa shape index (κ3) is 6.86. The molecular formula is C22H37IO3Si. The van der Waals surface area contributed by atoms with Gasteiger partial charge in [-0.3, -0.25) is 4.79 Å². The second-order valence-electron chi connectivity index (χ2n) is 10.2. The van der Waals surface area contributed by atoms with E-state index in [2.05, 4.69) is 70.3 Å². The summed E-state index contributed by atoms with van der Waals surface area (Å²) >= 11 is 2.24. The Morgan fingerprint density at radius 2 is 1.70 bits per heavy atom. The molecule has 0 saturated heterocycles. The van der Waals surface area contributed by atoms with Crippen molar-refractivity contribution in [3.63, 3.8) is 0 Å². The normalized spacial score (nSPS) is 15.4. The molecule has 0 amide bonds. The first kappa shape index (κ1) is 24.6. The minimum Gasteiger partial charge on any atom is -0.481 e. The van der Waals surface area contributed by atoms with E-state index in [0.717, 1.165) is 28.6 Å². The van der Waals surface area contributed by atoms with E-state index >= 15 is 0 Å². The highest BCUT2D eigenvalue weighted by Crippen LogP contribution is 2.39. The van der Waals surface area contributed by atoms with Crippen LogP contribution in [0.25, 0.3) is 0 Å². The number of halogens is 1.